The van der Waals surface area contributed by atoms with Crippen molar-refractivity contribution in [1.82, 2.24) is 4.98 Å². The van der Waals surface area contributed by atoms with E-state index in [-0.39, 0.29) is 17.3 Å². The Bertz CT molecular complexity index is 643. The maximum Gasteiger partial charge on any atom is 0.416 e. The van der Waals surface area contributed by atoms with E-state index in [0.29, 0.717) is 4.47 Å². The van der Waals surface area contributed by atoms with E-state index in [0.717, 1.165) is 18.2 Å². The third-order valence-corrected chi connectivity index (χ3v) is 3.06. The molecule has 0 unspecified atom stereocenters. The normalized spacial score (nSPS) is 11.4. The lowest BCUT2D eigenvalue weighted by Crippen LogP contribution is -2.08. The van der Waals surface area contributed by atoms with Crippen LogP contribution in [0.25, 0.3) is 0 Å². The number of nitrogens with two attached hydrogens (primary N) is 1. The van der Waals surface area contributed by atoms with Gasteiger partial charge in [0.05, 0.1) is 11.3 Å². The quantitative estimate of drug-likeness (QED) is 0.793. The fraction of sp³-hybridized carbons (Fsp3) is 0.0833. The lowest BCUT2D eigenvalue weighted by atomic mass is 10.2. The molecule has 1 heterocycles. The number of alkyl halides is 3. The van der Waals surface area contributed by atoms with Crippen LogP contribution in [0.5, 0.6) is 0 Å². The Morgan fingerprint density at radius 2 is 1.85 bits per heavy atom. The van der Waals surface area contributed by atoms with E-state index in [4.69, 9.17) is 5.73 Å². The predicted molar refractivity (Wildman–Crippen MR) is 71.0 cm³/mol. The molecular weight excluding hydrogens is 342 g/mol. The standard InChI is InChI=1S/C12H8BrF4N3/c13-8-2-1-7(14)5-9(8)19-11-4-6(12(15,16)17)3-10(18)20-11/h1-5H,(H3,18,19,20). The molecule has 3 N–H and O–H groups in total. The van der Waals surface area contributed by atoms with Crippen LogP contribution in [-0.2, 0) is 6.18 Å². The number of halogens is 5. The van der Waals surface area contributed by atoms with E-state index in [9.17, 15) is 17.6 Å². The van der Waals surface area contributed by atoms with Gasteiger partial charge in [-0.25, -0.2) is 9.37 Å². The molecule has 0 saturated carbocycles. The SMILES string of the molecule is Nc1cc(C(F)(F)F)cc(Nc2cc(F)ccc2Br)n1. The second-order valence-corrected chi connectivity index (χ2v) is 4.77. The summed E-state index contributed by atoms with van der Waals surface area (Å²) in [6, 6.07) is 5.29. The summed E-state index contributed by atoms with van der Waals surface area (Å²) in [5.41, 5.74) is 4.66. The van der Waals surface area contributed by atoms with E-state index in [1.165, 1.54) is 12.1 Å². The molecule has 0 bridgehead atoms. The third kappa shape index (κ3) is 3.38. The Morgan fingerprint density at radius 1 is 1.15 bits per heavy atom. The minimum Gasteiger partial charge on any atom is -0.384 e. The molecular formula is C12H8BrF4N3. The van der Waals surface area contributed by atoms with E-state index in [1.807, 2.05) is 0 Å². The van der Waals surface area contributed by atoms with Gasteiger partial charge in [-0.2, -0.15) is 13.2 Å². The number of nitrogens with one attached hydrogen (secondary N) is 1. The third-order valence-electron chi connectivity index (χ3n) is 2.36. The number of anilines is 3. The van der Waals surface area contributed by atoms with Gasteiger partial charge in [0.1, 0.15) is 17.5 Å². The first-order valence-corrected chi connectivity index (χ1v) is 6.12. The number of pyridine rings is 1. The maximum absolute atomic E-state index is 13.1. The van der Waals surface area contributed by atoms with Crippen LogP contribution in [0.15, 0.2) is 34.8 Å². The smallest absolute Gasteiger partial charge is 0.384 e. The summed E-state index contributed by atoms with van der Waals surface area (Å²) in [6.07, 6.45) is -4.54. The summed E-state index contributed by atoms with van der Waals surface area (Å²) in [7, 11) is 0. The van der Waals surface area contributed by atoms with Crippen molar-refractivity contribution in [3.05, 3.63) is 46.2 Å². The van der Waals surface area contributed by atoms with Crippen molar-refractivity contribution in [2.75, 3.05) is 11.1 Å². The summed E-state index contributed by atoms with van der Waals surface area (Å²) >= 11 is 3.15. The number of rotatable bonds is 2. The lowest BCUT2D eigenvalue weighted by Gasteiger charge is -2.12. The Balaban J connectivity index is 2.39. The average Bonchev–Trinajstić information content (AvgIpc) is 2.32. The van der Waals surface area contributed by atoms with Gasteiger partial charge in [0.25, 0.3) is 0 Å². The molecule has 0 amide bonds. The number of benzene rings is 1. The highest BCUT2D eigenvalue weighted by molar-refractivity contribution is 9.10. The van der Waals surface area contributed by atoms with Crippen LogP contribution in [0.4, 0.5) is 34.9 Å². The number of aromatic nitrogens is 1. The van der Waals surface area contributed by atoms with Crippen LogP contribution in [-0.4, -0.2) is 4.98 Å². The fourth-order valence-corrected chi connectivity index (χ4v) is 1.86. The van der Waals surface area contributed by atoms with Gasteiger partial charge in [-0.1, -0.05) is 0 Å². The van der Waals surface area contributed by atoms with Crippen LogP contribution in [0.3, 0.4) is 0 Å². The first-order chi connectivity index (χ1) is 9.25. The van der Waals surface area contributed by atoms with Gasteiger partial charge in [-0.05, 0) is 46.3 Å². The molecule has 2 rings (SSSR count). The second kappa shape index (κ2) is 5.28. The highest BCUT2D eigenvalue weighted by Gasteiger charge is 2.31. The molecule has 0 aliphatic carbocycles. The molecule has 106 valence electrons. The van der Waals surface area contributed by atoms with Gasteiger partial charge in [0.15, 0.2) is 0 Å². The Labute approximate surface area is 119 Å². The Kier molecular flexibility index (Phi) is 3.85. The summed E-state index contributed by atoms with van der Waals surface area (Å²) in [5, 5.41) is 2.59. The van der Waals surface area contributed by atoms with Crippen molar-refractivity contribution in [3.8, 4) is 0 Å². The first-order valence-electron chi connectivity index (χ1n) is 5.32. The van der Waals surface area contributed by atoms with E-state index >= 15 is 0 Å². The zero-order chi connectivity index (χ0) is 14.9. The Hall–Kier alpha value is -1.83. The molecule has 0 spiro atoms. The monoisotopic (exact) mass is 349 g/mol. The van der Waals surface area contributed by atoms with Crippen LogP contribution in [0, 0.1) is 5.82 Å². The zero-order valence-electron chi connectivity index (χ0n) is 9.80. The lowest BCUT2D eigenvalue weighted by molar-refractivity contribution is -0.137. The van der Waals surface area contributed by atoms with Gasteiger partial charge in [0.2, 0.25) is 0 Å². The summed E-state index contributed by atoms with van der Waals surface area (Å²) in [4.78, 5) is 3.74. The fourth-order valence-electron chi connectivity index (χ4n) is 1.51. The van der Waals surface area contributed by atoms with Crippen molar-refractivity contribution in [2.45, 2.75) is 6.18 Å². The Morgan fingerprint density at radius 3 is 2.50 bits per heavy atom. The molecule has 0 radical (unpaired) electrons. The van der Waals surface area contributed by atoms with E-state index in [1.54, 1.807) is 0 Å². The molecule has 0 saturated heterocycles. The molecule has 8 heteroatoms. The van der Waals surface area contributed by atoms with Crippen LogP contribution in [0.1, 0.15) is 5.56 Å². The van der Waals surface area contributed by atoms with Gasteiger partial charge in [-0.15, -0.1) is 0 Å². The van der Waals surface area contributed by atoms with Gasteiger partial charge in [-0.3, -0.25) is 0 Å². The largest absolute Gasteiger partial charge is 0.416 e. The molecule has 0 aliphatic rings. The van der Waals surface area contributed by atoms with E-state index < -0.39 is 17.6 Å². The number of hydrogen-bond donors (Lipinski definition) is 2. The van der Waals surface area contributed by atoms with E-state index in [2.05, 4.69) is 26.2 Å². The predicted octanol–water partition coefficient (Wildman–Crippen LogP) is 4.33. The van der Waals surface area contributed by atoms with Gasteiger partial charge >= 0.3 is 6.18 Å². The molecule has 0 aliphatic heterocycles. The first kappa shape index (κ1) is 14.6. The summed E-state index contributed by atoms with van der Waals surface area (Å²) < 4.78 is 51.5. The van der Waals surface area contributed by atoms with Crippen LogP contribution >= 0.6 is 15.9 Å². The van der Waals surface area contributed by atoms with Crippen molar-refractivity contribution in [1.29, 1.82) is 0 Å². The molecule has 1 aromatic carbocycles. The second-order valence-electron chi connectivity index (χ2n) is 3.91. The summed E-state index contributed by atoms with van der Waals surface area (Å²) in [5.74, 6) is -0.936. The van der Waals surface area contributed by atoms with Crippen molar-refractivity contribution >= 4 is 33.3 Å². The summed E-state index contributed by atoms with van der Waals surface area (Å²) in [6.45, 7) is 0. The molecule has 1 aromatic heterocycles. The molecule has 0 fully saturated rings. The number of nitrogen functional groups attached to an aromatic ring is 1. The van der Waals surface area contributed by atoms with Crippen LogP contribution < -0.4 is 11.1 Å². The van der Waals surface area contributed by atoms with Gasteiger partial charge in [0, 0.05) is 4.47 Å². The van der Waals surface area contributed by atoms with Crippen molar-refractivity contribution < 1.29 is 17.6 Å². The molecule has 2 aromatic rings. The average molecular weight is 350 g/mol. The number of hydrogen-bond acceptors (Lipinski definition) is 3. The molecule has 3 nitrogen and oxygen atoms in total. The van der Waals surface area contributed by atoms with Crippen molar-refractivity contribution in [2.24, 2.45) is 0 Å². The highest BCUT2D eigenvalue weighted by Crippen LogP contribution is 2.33. The minimum atomic E-state index is -4.54. The molecule has 20 heavy (non-hydrogen) atoms. The molecule has 0 atom stereocenters. The minimum absolute atomic E-state index is 0.122. The highest BCUT2D eigenvalue weighted by atomic mass is 79.9. The van der Waals surface area contributed by atoms with Gasteiger partial charge < -0.3 is 11.1 Å². The van der Waals surface area contributed by atoms with Crippen molar-refractivity contribution in [3.63, 3.8) is 0 Å². The zero-order valence-corrected chi connectivity index (χ0v) is 11.4. The number of nitrogens with zero attached hydrogens (tertiary/aromatic N) is 1. The maximum atomic E-state index is 13.1. The topological polar surface area (TPSA) is 50.9 Å². The van der Waals surface area contributed by atoms with Crippen LogP contribution in [0.2, 0.25) is 0 Å².